The molecular weight excluding hydrogens is 260 g/mol. The van der Waals surface area contributed by atoms with Crippen LogP contribution in [-0.2, 0) is 14.4 Å². The largest absolute Gasteiger partial charge is 0.478 e. The van der Waals surface area contributed by atoms with Crippen molar-refractivity contribution < 1.29 is 19.5 Å². The second kappa shape index (κ2) is 7.08. The van der Waals surface area contributed by atoms with Crippen LogP contribution in [-0.4, -0.2) is 29.4 Å². The average molecular weight is 276 g/mol. The third-order valence-corrected chi connectivity index (χ3v) is 2.44. The molecule has 0 aromatic heterocycles. The van der Waals surface area contributed by atoms with Crippen LogP contribution in [0, 0.1) is 6.92 Å². The maximum Gasteiger partial charge on any atom is 0.328 e. The molecule has 0 aliphatic carbocycles. The first kappa shape index (κ1) is 15.4. The Labute approximate surface area is 116 Å². The van der Waals surface area contributed by atoms with Crippen LogP contribution in [0.1, 0.15) is 18.1 Å². The summed E-state index contributed by atoms with van der Waals surface area (Å²) in [5, 5.41) is 13.6. The van der Waals surface area contributed by atoms with E-state index in [9.17, 15) is 14.4 Å². The molecule has 0 fully saturated rings. The smallest absolute Gasteiger partial charge is 0.328 e. The Balaban J connectivity index is 2.71. The number of aliphatic carboxylic acids is 1. The van der Waals surface area contributed by atoms with E-state index in [2.05, 4.69) is 10.6 Å². The van der Waals surface area contributed by atoms with Crippen LogP contribution < -0.4 is 10.6 Å². The topological polar surface area (TPSA) is 95.5 Å². The first-order valence-corrected chi connectivity index (χ1v) is 5.94. The van der Waals surface area contributed by atoms with E-state index in [1.54, 1.807) is 25.1 Å². The van der Waals surface area contributed by atoms with Crippen molar-refractivity contribution in [3.8, 4) is 0 Å². The van der Waals surface area contributed by atoms with Gasteiger partial charge in [0, 0.05) is 18.7 Å². The van der Waals surface area contributed by atoms with Crippen LogP contribution in [0.3, 0.4) is 0 Å². The third kappa shape index (κ3) is 5.34. The van der Waals surface area contributed by atoms with Gasteiger partial charge < -0.3 is 15.7 Å². The molecule has 0 saturated carbocycles. The number of aryl methyl sites for hydroxylation is 1. The molecule has 0 bridgehead atoms. The standard InChI is InChI=1S/C14H16N2O4/c1-9-7-11(4-6-14(19)20)3-5-12(9)16-13(18)8-15-10(2)17/h3-7H,8H2,1-2H3,(H,15,17)(H,16,18)(H,19,20). The molecule has 1 aromatic rings. The Morgan fingerprint density at radius 1 is 1.30 bits per heavy atom. The van der Waals surface area contributed by atoms with Crippen LogP contribution in [0.15, 0.2) is 24.3 Å². The number of carboxylic acids is 1. The predicted octanol–water partition coefficient (Wildman–Crippen LogP) is 1.17. The maximum absolute atomic E-state index is 11.6. The number of nitrogens with one attached hydrogen (secondary N) is 2. The normalized spacial score (nSPS) is 10.3. The summed E-state index contributed by atoms with van der Waals surface area (Å²) < 4.78 is 0. The van der Waals surface area contributed by atoms with Gasteiger partial charge >= 0.3 is 5.97 Å². The molecule has 2 amide bonds. The van der Waals surface area contributed by atoms with Gasteiger partial charge in [-0.3, -0.25) is 9.59 Å². The number of carboxylic acid groups (broad SMARTS) is 1. The van der Waals surface area contributed by atoms with E-state index in [-0.39, 0.29) is 18.4 Å². The van der Waals surface area contributed by atoms with Gasteiger partial charge in [-0.05, 0) is 36.3 Å². The van der Waals surface area contributed by atoms with Gasteiger partial charge in [0.2, 0.25) is 11.8 Å². The minimum absolute atomic E-state index is 0.0879. The molecular formula is C14H16N2O4. The van der Waals surface area contributed by atoms with Crippen LogP contribution >= 0.6 is 0 Å². The lowest BCUT2D eigenvalue weighted by Gasteiger charge is -2.09. The quantitative estimate of drug-likeness (QED) is 0.703. The van der Waals surface area contributed by atoms with E-state index in [1.165, 1.54) is 13.0 Å². The molecule has 0 heterocycles. The molecule has 0 radical (unpaired) electrons. The van der Waals surface area contributed by atoms with Crippen LogP contribution in [0.25, 0.3) is 6.08 Å². The average Bonchev–Trinajstić information content (AvgIpc) is 2.36. The number of rotatable bonds is 5. The van der Waals surface area contributed by atoms with E-state index >= 15 is 0 Å². The highest BCUT2D eigenvalue weighted by Gasteiger charge is 2.05. The Kier molecular flexibility index (Phi) is 5.46. The van der Waals surface area contributed by atoms with E-state index < -0.39 is 5.97 Å². The number of amides is 2. The zero-order valence-electron chi connectivity index (χ0n) is 11.3. The summed E-state index contributed by atoms with van der Waals surface area (Å²) in [6, 6.07) is 5.14. The second-order valence-corrected chi connectivity index (χ2v) is 4.20. The fourth-order valence-electron chi connectivity index (χ4n) is 1.50. The minimum atomic E-state index is -1.02. The first-order valence-electron chi connectivity index (χ1n) is 5.94. The Hall–Kier alpha value is -2.63. The highest BCUT2D eigenvalue weighted by Crippen LogP contribution is 2.17. The van der Waals surface area contributed by atoms with Gasteiger partial charge in [0.1, 0.15) is 0 Å². The highest BCUT2D eigenvalue weighted by molar-refractivity contribution is 5.95. The van der Waals surface area contributed by atoms with Crippen molar-refractivity contribution in [2.75, 3.05) is 11.9 Å². The molecule has 3 N–H and O–H groups in total. The lowest BCUT2D eigenvalue weighted by molar-refractivity contribution is -0.131. The second-order valence-electron chi connectivity index (χ2n) is 4.20. The molecule has 6 nitrogen and oxygen atoms in total. The molecule has 0 unspecified atom stereocenters. The Morgan fingerprint density at radius 3 is 2.55 bits per heavy atom. The summed E-state index contributed by atoms with van der Waals surface area (Å²) in [6.07, 6.45) is 2.52. The fraction of sp³-hybridized carbons (Fsp3) is 0.214. The summed E-state index contributed by atoms with van der Waals surface area (Å²) in [5.41, 5.74) is 2.14. The molecule has 106 valence electrons. The summed E-state index contributed by atoms with van der Waals surface area (Å²) in [7, 11) is 0. The summed E-state index contributed by atoms with van der Waals surface area (Å²) in [5.74, 6) is -1.61. The molecule has 0 saturated heterocycles. The van der Waals surface area contributed by atoms with Gasteiger partial charge in [0.15, 0.2) is 0 Å². The summed E-state index contributed by atoms with van der Waals surface area (Å²) >= 11 is 0. The molecule has 0 spiro atoms. The first-order chi connectivity index (χ1) is 9.38. The lowest BCUT2D eigenvalue weighted by Crippen LogP contribution is -2.31. The van der Waals surface area contributed by atoms with Crippen molar-refractivity contribution in [1.82, 2.24) is 5.32 Å². The van der Waals surface area contributed by atoms with Crippen molar-refractivity contribution in [3.05, 3.63) is 35.4 Å². The summed E-state index contributed by atoms with van der Waals surface area (Å²) in [4.78, 5) is 32.7. The van der Waals surface area contributed by atoms with Gasteiger partial charge in [-0.2, -0.15) is 0 Å². The SMILES string of the molecule is CC(=O)NCC(=O)Nc1ccc(C=CC(=O)O)cc1C. The van der Waals surface area contributed by atoms with Crippen LogP contribution in [0.5, 0.6) is 0 Å². The third-order valence-electron chi connectivity index (χ3n) is 2.44. The van der Waals surface area contributed by atoms with Crippen molar-refractivity contribution in [1.29, 1.82) is 0 Å². The number of carbonyl (C=O) groups excluding carboxylic acids is 2. The number of carbonyl (C=O) groups is 3. The molecule has 1 aromatic carbocycles. The zero-order valence-corrected chi connectivity index (χ0v) is 11.3. The molecule has 1 rings (SSSR count). The molecule has 0 aliphatic heterocycles. The van der Waals surface area contributed by atoms with Crippen LogP contribution in [0.4, 0.5) is 5.69 Å². The van der Waals surface area contributed by atoms with Gasteiger partial charge in [-0.15, -0.1) is 0 Å². The van der Waals surface area contributed by atoms with E-state index in [0.717, 1.165) is 17.2 Å². The summed E-state index contributed by atoms with van der Waals surface area (Å²) in [6.45, 7) is 3.05. The minimum Gasteiger partial charge on any atom is -0.478 e. The Bertz CT molecular complexity index is 564. The molecule has 6 heteroatoms. The van der Waals surface area contributed by atoms with Crippen molar-refractivity contribution in [2.45, 2.75) is 13.8 Å². The van der Waals surface area contributed by atoms with Gasteiger partial charge in [-0.1, -0.05) is 6.07 Å². The highest BCUT2D eigenvalue weighted by atomic mass is 16.4. The van der Waals surface area contributed by atoms with Crippen LogP contribution in [0.2, 0.25) is 0 Å². The number of hydrogen-bond acceptors (Lipinski definition) is 3. The van der Waals surface area contributed by atoms with Gasteiger partial charge in [-0.25, -0.2) is 4.79 Å². The van der Waals surface area contributed by atoms with Crippen molar-refractivity contribution in [3.63, 3.8) is 0 Å². The molecule has 0 aliphatic rings. The fourth-order valence-corrected chi connectivity index (χ4v) is 1.50. The predicted molar refractivity (Wildman–Crippen MR) is 75.2 cm³/mol. The monoisotopic (exact) mass is 276 g/mol. The number of anilines is 1. The maximum atomic E-state index is 11.6. The van der Waals surface area contributed by atoms with Crippen molar-refractivity contribution in [2.24, 2.45) is 0 Å². The van der Waals surface area contributed by atoms with E-state index in [1.807, 2.05) is 0 Å². The zero-order chi connectivity index (χ0) is 15.1. The van der Waals surface area contributed by atoms with E-state index in [4.69, 9.17) is 5.11 Å². The number of hydrogen-bond donors (Lipinski definition) is 3. The Morgan fingerprint density at radius 2 is 2.00 bits per heavy atom. The van der Waals surface area contributed by atoms with E-state index in [0.29, 0.717) is 5.69 Å². The lowest BCUT2D eigenvalue weighted by atomic mass is 10.1. The van der Waals surface area contributed by atoms with Gasteiger partial charge in [0.25, 0.3) is 0 Å². The van der Waals surface area contributed by atoms with Crippen molar-refractivity contribution >= 4 is 29.5 Å². The number of benzene rings is 1. The molecule has 20 heavy (non-hydrogen) atoms. The van der Waals surface area contributed by atoms with Gasteiger partial charge in [0.05, 0.1) is 6.54 Å². The molecule has 0 atom stereocenters.